The van der Waals surface area contributed by atoms with E-state index in [-0.39, 0.29) is 11.5 Å². The van der Waals surface area contributed by atoms with Gasteiger partial charge in [0.05, 0.1) is 10.5 Å². The largest absolute Gasteiger partial charge is 0.369 e. The maximum atomic E-state index is 13.5. The number of unbranched alkanes of at least 4 members (excludes halogenated alkanes) is 1. The lowest BCUT2D eigenvalue weighted by atomic mass is 9.99. The number of benzene rings is 1. The number of anilines is 1. The highest BCUT2D eigenvalue weighted by molar-refractivity contribution is 8.26. The molecule has 1 aliphatic heterocycles. The van der Waals surface area contributed by atoms with E-state index in [0.29, 0.717) is 45.3 Å². The van der Waals surface area contributed by atoms with Crippen LogP contribution in [0.2, 0.25) is 0 Å². The van der Waals surface area contributed by atoms with Gasteiger partial charge in [-0.3, -0.25) is 18.9 Å². The second-order valence-electron chi connectivity index (χ2n) is 8.98. The fraction of sp³-hybridized carbons (Fsp3) is 0.357. The van der Waals surface area contributed by atoms with Crippen LogP contribution in [0.1, 0.15) is 50.7 Å². The molecule has 1 aliphatic rings. The van der Waals surface area contributed by atoms with E-state index in [4.69, 9.17) is 17.2 Å². The van der Waals surface area contributed by atoms with Crippen molar-refractivity contribution in [1.82, 2.24) is 14.3 Å². The molecule has 0 saturated carbocycles. The summed E-state index contributed by atoms with van der Waals surface area (Å²) in [6.07, 6.45) is 8.49. The number of hydrogen-bond acceptors (Lipinski definition) is 6. The summed E-state index contributed by atoms with van der Waals surface area (Å²) in [5.41, 5.74) is 1.89. The zero-order valence-electron chi connectivity index (χ0n) is 20.8. The van der Waals surface area contributed by atoms with Crippen molar-refractivity contribution in [2.75, 3.05) is 18.4 Å². The lowest BCUT2D eigenvalue weighted by Gasteiger charge is -2.21. The van der Waals surface area contributed by atoms with Crippen LogP contribution in [0.15, 0.2) is 64.4 Å². The molecule has 3 heterocycles. The average Bonchev–Trinajstić information content (AvgIpc) is 3.16. The SMILES string of the molecule is CCCCC(CC)CN1C(=O)C(=Cc2c(NCCc3ccccc3)nc3ccccn3c2=O)SC1=S. The lowest BCUT2D eigenvalue weighted by molar-refractivity contribution is -0.122. The molecule has 1 N–H and O–H groups in total. The standard InChI is InChI=1S/C28H32N4O2S2/c1-3-5-11-20(4-2)19-32-27(34)23(36-28(32)35)18-22-25(29-16-15-21-12-7-6-8-13-21)30-24-14-9-10-17-31(24)26(22)33/h6-10,12-14,17-18,20,29H,3-5,11,15-16,19H2,1-2H3. The van der Waals surface area contributed by atoms with Gasteiger partial charge in [-0.2, -0.15) is 0 Å². The molecule has 1 atom stereocenters. The van der Waals surface area contributed by atoms with Gasteiger partial charge in [0, 0.05) is 19.3 Å². The maximum Gasteiger partial charge on any atom is 0.267 e. The third kappa shape index (κ3) is 6.05. The van der Waals surface area contributed by atoms with Crippen LogP contribution in [0.4, 0.5) is 5.82 Å². The molecule has 1 fully saturated rings. The Bertz CT molecular complexity index is 1320. The van der Waals surface area contributed by atoms with Gasteiger partial charge < -0.3 is 5.32 Å². The van der Waals surface area contributed by atoms with Crippen LogP contribution in [-0.2, 0) is 11.2 Å². The monoisotopic (exact) mass is 520 g/mol. The molecule has 8 heteroatoms. The number of thioether (sulfide) groups is 1. The van der Waals surface area contributed by atoms with Crippen LogP contribution in [0.5, 0.6) is 0 Å². The number of amides is 1. The van der Waals surface area contributed by atoms with Gasteiger partial charge in [0.25, 0.3) is 11.5 Å². The highest BCUT2D eigenvalue weighted by Crippen LogP contribution is 2.34. The lowest BCUT2D eigenvalue weighted by Crippen LogP contribution is -2.33. The Morgan fingerprint density at radius 1 is 1.11 bits per heavy atom. The van der Waals surface area contributed by atoms with Crippen LogP contribution in [0.3, 0.4) is 0 Å². The molecule has 1 amide bonds. The van der Waals surface area contributed by atoms with Crippen molar-refractivity contribution in [3.05, 3.63) is 81.1 Å². The number of nitrogens with zero attached hydrogens (tertiary/aromatic N) is 3. The normalized spacial score (nSPS) is 15.7. The molecule has 0 spiro atoms. The van der Waals surface area contributed by atoms with Crippen molar-refractivity contribution < 1.29 is 4.79 Å². The number of thiocarbonyl (C=S) groups is 1. The van der Waals surface area contributed by atoms with Gasteiger partial charge in [0.15, 0.2) is 0 Å². The van der Waals surface area contributed by atoms with Crippen molar-refractivity contribution in [2.24, 2.45) is 5.92 Å². The number of nitrogens with one attached hydrogen (secondary N) is 1. The van der Waals surface area contributed by atoms with E-state index in [1.807, 2.05) is 24.3 Å². The summed E-state index contributed by atoms with van der Waals surface area (Å²) in [5, 5.41) is 3.33. The van der Waals surface area contributed by atoms with E-state index in [0.717, 1.165) is 32.1 Å². The second kappa shape index (κ2) is 12.3. The first-order chi connectivity index (χ1) is 17.5. The molecule has 0 aliphatic carbocycles. The number of carbonyl (C=O) groups is 1. The third-order valence-electron chi connectivity index (χ3n) is 6.45. The number of pyridine rings is 1. The minimum absolute atomic E-state index is 0.132. The molecule has 3 aromatic rings. The molecule has 1 aromatic carbocycles. The van der Waals surface area contributed by atoms with Crippen molar-refractivity contribution in [3.8, 4) is 0 Å². The van der Waals surface area contributed by atoms with Gasteiger partial charge in [-0.15, -0.1) is 0 Å². The smallest absolute Gasteiger partial charge is 0.267 e. The summed E-state index contributed by atoms with van der Waals surface area (Å²) < 4.78 is 2.06. The highest BCUT2D eigenvalue weighted by atomic mass is 32.2. The predicted molar refractivity (Wildman–Crippen MR) is 153 cm³/mol. The van der Waals surface area contributed by atoms with Crippen molar-refractivity contribution in [1.29, 1.82) is 0 Å². The number of hydrogen-bond donors (Lipinski definition) is 1. The van der Waals surface area contributed by atoms with Gasteiger partial charge in [0.1, 0.15) is 15.8 Å². The van der Waals surface area contributed by atoms with E-state index in [1.165, 1.54) is 21.7 Å². The van der Waals surface area contributed by atoms with E-state index >= 15 is 0 Å². The van der Waals surface area contributed by atoms with Crippen LogP contribution >= 0.6 is 24.0 Å². The molecular formula is C28H32N4O2S2. The first-order valence-corrected chi connectivity index (χ1v) is 13.8. The molecule has 36 heavy (non-hydrogen) atoms. The van der Waals surface area contributed by atoms with Crippen LogP contribution in [-0.4, -0.2) is 37.6 Å². The molecule has 6 nitrogen and oxygen atoms in total. The summed E-state index contributed by atoms with van der Waals surface area (Å²) >= 11 is 6.83. The summed E-state index contributed by atoms with van der Waals surface area (Å²) in [6.45, 7) is 5.56. The van der Waals surface area contributed by atoms with E-state index < -0.39 is 0 Å². The Kier molecular flexibility index (Phi) is 8.93. The van der Waals surface area contributed by atoms with E-state index in [9.17, 15) is 9.59 Å². The fourth-order valence-electron chi connectivity index (χ4n) is 4.30. The topological polar surface area (TPSA) is 66.7 Å². The zero-order valence-corrected chi connectivity index (χ0v) is 22.4. The minimum Gasteiger partial charge on any atom is -0.369 e. The fourth-order valence-corrected chi connectivity index (χ4v) is 5.56. The number of carbonyl (C=O) groups excluding carboxylic acids is 1. The number of rotatable bonds is 11. The number of aromatic nitrogens is 2. The Morgan fingerprint density at radius 2 is 1.89 bits per heavy atom. The molecule has 0 bridgehead atoms. The van der Waals surface area contributed by atoms with Crippen LogP contribution < -0.4 is 10.9 Å². The number of fused-ring (bicyclic) bond motifs is 1. The third-order valence-corrected chi connectivity index (χ3v) is 7.83. The van der Waals surface area contributed by atoms with Crippen LogP contribution in [0.25, 0.3) is 11.7 Å². The predicted octanol–water partition coefficient (Wildman–Crippen LogP) is 5.77. The molecule has 1 unspecified atom stereocenters. The van der Waals surface area contributed by atoms with Crippen molar-refractivity contribution >= 4 is 51.7 Å². The van der Waals surface area contributed by atoms with Gasteiger partial charge >= 0.3 is 0 Å². The highest BCUT2D eigenvalue weighted by Gasteiger charge is 2.33. The Morgan fingerprint density at radius 3 is 2.64 bits per heavy atom. The summed E-state index contributed by atoms with van der Waals surface area (Å²) in [7, 11) is 0. The van der Waals surface area contributed by atoms with E-state index in [1.54, 1.807) is 29.3 Å². The first kappa shape index (κ1) is 26.1. The van der Waals surface area contributed by atoms with Crippen LogP contribution in [0, 0.1) is 5.92 Å². The summed E-state index contributed by atoms with van der Waals surface area (Å²) in [6, 6.07) is 15.6. The van der Waals surface area contributed by atoms with Crippen molar-refractivity contribution in [3.63, 3.8) is 0 Å². The van der Waals surface area contributed by atoms with Gasteiger partial charge in [0.2, 0.25) is 0 Å². The van der Waals surface area contributed by atoms with Gasteiger partial charge in [-0.1, -0.05) is 93.5 Å². The zero-order chi connectivity index (χ0) is 25.5. The molecule has 188 valence electrons. The quantitative estimate of drug-likeness (QED) is 0.256. The Labute approximate surface area is 221 Å². The van der Waals surface area contributed by atoms with Gasteiger partial charge in [-0.05, 0) is 42.5 Å². The minimum atomic E-state index is -0.220. The molecule has 1 saturated heterocycles. The van der Waals surface area contributed by atoms with Gasteiger partial charge in [-0.25, -0.2) is 4.98 Å². The molecular weight excluding hydrogens is 488 g/mol. The summed E-state index contributed by atoms with van der Waals surface area (Å²) in [5.74, 6) is 0.754. The molecule has 4 rings (SSSR count). The summed E-state index contributed by atoms with van der Waals surface area (Å²) in [4.78, 5) is 33.7. The second-order valence-corrected chi connectivity index (χ2v) is 10.7. The Hall–Kier alpha value is -2.97. The Balaban J connectivity index is 1.62. The van der Waals surface area contributed by atoms with E-state index in [2.05, 4.69) is 31.3 Å². The first-order valence-electron chi connectivity index (χ1n) is 12.6. The molecule has 0 radical (unpaired) electrons. The maximum absolute atomic E-state index is 13.5. The average molecular weight is 521 g/mol. The van der Waals surface area contributed by atoms with Crippen molar-refractivity contribution in [2.45, 2.75) is 46.0 Å². The molecule has 2 aromatic heterocycles.